The molecule has 3 heterocycles. The predicted octanol–water partition coefficient (Wildman–Crippen LogP) is 4.70. The second kappa shape index (κ2) is 8.33. The zero-order valence-corrected chi connectivity index (χ0v) is 19.1. The fourth-order valence-electron chi connectivity index (χ4n) is 5.53. The molecule has 0 saturated carbocycles. The van der Waals surface area contributed by atoms with Crippen LogP contribution in [0.4, 0.5) is 24.5 Å². The molecule has 37 heavy (non-hydrogen) atoms. The van der Waals surface area contributed by atoms with Crippen LogP contribution in [-0.4, -0.2) is 29.9 Å². The van der Waals surface area contributed by atoms with Crippen LogP contribution in [0.5, 0.6) is 5.75 Å². The van der Waals surface area contributed by atoms with E-state index in [4.69, 9.17) is 4.74 Å². The van der Waals surface area contributed by atoms with E-state index in [-0.39, 0.29) is 11.4 Å². The highest BCUT2D eigenvalue weighted by Crippen LogP contribution is 2.49. The highest BCUT2D eigenvalue weighted by atomic mass is 19.4. The number of hydrogen-bond acceptors (Lipinski definition) is 5. The number of carbonyl (C=O) groups is 3. The van der Waals surface area contributed by atoms with Crippen LogP contribution < -0.4 is 14.5 Å². The lowest BCUT2D eigenvalue weighted by atomic mass is 9.89. The monoisotopic (exact) mass is 504 g/mol. The maximum atomic E-state index is 13.7. The molecule has 2 saturated heterocycles. The van der Waals surface area contributed by atoms with Gasteiger partial charge in [-0.2, -0.15) is 13.2 Å². The summed E-state index contributed by atoms with van der Waals surface area (Å²) in [5.74, 6) is -3.94. The number of anilines is 2. The van der Waals surface area contributed by atoms with Crippen molar-refractivity contribution in [3.05, 3.63) is 96.1 Å². The first-order valence-electron chi connectivity index (χ1n) is 11.6. The Bertz CT molecular complexity index is 1450. The van der Waals surface area contributed by atoms with E-state index in [9.17, 15) is 27.6 Å². The standard InChI is InChI=1S/C28H19F3N2O4/c29-28(30,31)17-8-6-9-18(15-17)32-25(34)22-21-14-13-16-7-4-5-12-20(16)33(21)24(23(22)26(32)35)27(36)37-19-10-2-1-3-11-19/h1-15,21-24H/t21-,22-,23-,24+/m1/s1. The van der Waals surface area contributed by atoms with Crippen molar-refractivity contribution < 1.29 is 32.3 Å². The van der Waals surface area contributed by atoms with Gasteiger partial charge in [0.05, 0.1) is 29.1 Å². The molecule has 2 amide bonds. The maximum absolute atomic E-state index is 13.7. The number of para-hydroxylation sites is 2. The van der Waals surface area contributed by atoms with Gasteiger partial charge >= 0.3 is 12.1 Å². The average molecular weight is 504 g/mol. The van der Waals surface area contributed by atoms with Crippen LogP contribution in [0.3, 0.4) is 0 Å². The van der Waals surface area contributed by atoms with Gasteiger partial charge in [-0.25, -0.2) is 9.69 Å². The Morgan fingerprint density at radius 2 is 1.54 bits per heavy atom. The minimum atomic E-state index is -4.65. The number of nitrogens with zero attached hydrogens (tertiary/aromatic N) is 2. The zero-order valence-electron chi connectivity index (χ0n) is 19.1. The van der Waals surface area contributed by atoms with Gasteiger partial charge in [0.15, 0.2) is 0 Å². The van der Waals surface area contributed by atoms with E-state index in [1.807, 2.05) is 18.2 Å². The molecule has 0 bridgehead atoms. The molecule has 4 atom stereocenters. The lowest BCUT2D eigenvalue weighted by molar-refractivity contribution is -0.139. The molecule has 0 spiro atoms. The van der Waals surface area contributed by atoms with Crippen LogP contribution in [-0.2, 0) is 20.6 Å². The van der Waals surface area contributed by atoms with Gasteiger partial charge in [0.25, 0.3) is 0 Å². The lowest BCUT2D eigenvalue weighted by Crippen LogP contribution is -2.50. The Balaban J connectivity index is 1.44. The first kappa shape index (κ1) is 23.0. The summed E-state index contributed by atoms with van der Waals surface area (Å²) in [7, 11) is 0. The van der Waals surface area contributed by atoms with Crippen molar-refractivity contribution >= 4 is 35.2 Å². The van der Waals surface area contributed by atoms with Crippen LogP contribution in [0.25, 0.3) is 6.08 Å². The Hall–Kier alpha value is -4.40. The van der Waals surface area contributed by atoms with Crippen LogP contribution in [0.15, 0.2) is 84.9 Å². The second-order valence-electron chi connectivity index (χ2n) is 9.11. The number of rotatable bonds is 3. The minimum Gasteiger partial charge on any atom is -0.425 e. The number of fused-ring (bicyclic) bond motifs is 5. The van der Waals surface area contributed by atoms with E-state index in [1.54, 1.807) is 53.4 Å². The van der Waals surface area contributed by atoms with Crippen LogP contribution in [0.1, 0.15) is 11.1 Å². The molecule has 3 aliphatic heterocycles. The topological polar surface area (TPSA) is 66.9 Å². The number of hydrogen-bond donors (Lipinski definition) is 0. The fourth-order valence-corrected chi connectivity index (χ4v) is 5.53. The van der Waals surface area contributed by atoms with E-state index in [0.29, 0.717) is 5.69 Å². The molecule has 3 aromatic carbocycles. The van der Waals surface area contributed by atoms with Crippen molar-refractivity contribution in [1.82, 2.24) is 0 Å². The lowest BCUT2D eigenvalue weighted by Gasteiger charge is -2.36. The molecule has 3 aromatic rings. The van der Waals surface area contributed by atoms with Crippen LogP contribution in [0, 0.1) is 11.8 Å². The average Bonchev–Trinajstić information content (AvgIpc) is 3.37. The highest BCUT2D eigenvalue weighted by molar-refractivity contribution is 6.24. The first-order chi connectivity index (χ1) is 17.8. The molecule has 0 aliphatic carbocycles. The number of carbonyl (C=O) groups excluding carboxylic acids is 3. The molecule has 6 nitrogen and oxygen atoms in total. The Kier molecular flexibility index (Phi) is 5.18. The summed E-state index contributed by atoms with van der Waals surface area (Å²) in [4.78, 5) is 43.5. The van der Waals surface area contributed by atoms with Crippen molar-refractivity contribution in [3.63, 3.8) is 0 Å². The van der Waals surface area contributed by atoms with Gasteiger partial charge in [-0.3, -0.25) is 9.59 Å². The molecule has 6 rings (SSSR count). The summed E-state index contributed by atoms with van der Waals surface area (Å²) in [5, 5.41) is 0. The van der Waals surface area contributed by atoms with Crippen molar-refractivity contribution in [2.24, 2.45) is 11.8 Å². The van der Waals surface area contributed by atoms with E-state index in [1.165, 1.54) is 6.07 Å². The molecule has 0 unspecified atom stereocenters. The summed E-state index contributed by atoms with van der Waals surface area (Å²) in [6.07, 6.45) is -1.06. The fraction of sp³-hybridized carbons (Fsp3) is 0.179. The van der Waals surface area contributed by atoms with Gasteiger partial charge < -0.3 is 9.64 Å². The van der Waals surface area contributed by atoms with Gasteiger partial charge in [0, 0.05) is 5.69 Å². The molecule has 186 valence electrons. The van der Waals surface area contributed by atoms with Gasteiger partial charge in [-0.05, 0) is 42.0 Å². The SMILES string of the molecule is O=C(Oc1ccccc1)[C@@H]1[C@@H]2C(=O)N(c3cccc(C(F)(F)F)c3)C(=O)[C@@H]2[C@H]2C=Cc3ccccc3N21. The van der Waals surface area contributed by atoms with Crippen molar-refractivity contribution in [3.8, 4) is 5.75 Å². The van der Waals surface area contributed by atoms with Crippen LogP contribution >= 0.6 is 0 Å². The third-order valence-corrected chi connectivity index (χ3v) is 7.05. The zero-order chi connectivity index (χ0) is 25.9. The first-order valence-corrected chi connectivity index (χ1v) is 11.6. The van der Waals surface area contributed by atoms with E-state index in [2.05, 4.69) is 0 Å². The summed E-state index contributed by atoms with van der Waals surface area (Å²) >= 11 is 0. The van der Waals surface area contributed by atoms with Crippen molar-refractivity contribution in [2.45, 2.75) is 18.3 Å². The highest BCUT2D eigenvalue weighted by Gasteiger charge is 2.65. The maximum Gasteiger partial charge on any atom is 0.416 e. The third-order valence-electron chi connectivity index (χ3n) is 7.05. The van der Waals surface area contributed by atoms with Crippen molar-refractivity contribution in [1.29, 1.82) is 0 Å². The van der Waals surface area contributed by atoms with E-state index >= 15 is 0 Å². The summed E-state index contributed by atoms with van der Waals surface area (Å²) in [5.41, 5.74) is 0.327. The summed E-state index contributed by atoms with van der Waals surface area (Å²) < 4.78 is 45.7. The summed E-state index contributed by atoms with van der Waals surface area (Å²) in [6.45, 7) is 0. The number of imide groups is 1. The number of ether oxygens (including phenoxy) is 1. The molecule has 0 aromatic heterocycles. The number of alkyl halides is 3. The second-order valence-corrected chi connectivity index (χ2v) is 9.11. The number of amides is 2. The Morgan fingerprint density at radius 1 is 0.838 bits per heavy atom. The number of benzene rings is 3. The molecule has 0 N–H and O–H groups in total. The van der Waals surface area contributed by atoms with Crippen molar-refractivity contribution in [2.75, 3.05) is 9.80 Å². The van der Waals surface area contributed by atoms with Gasteiger partial charge in [-0.1, -0.05) is 54.6 Å². The Morgan fingerprint density at radius 3 is 2.30 bits per heavy atom. The summed E-state index contributed by atoms with van der Waals surface area (Å²) in [6, 6.07) is 17.9. The largest absolute Gasteiger partial charge is 0.425 e. The van der Waals surface area contributed by atoms with Gasteiger partial charge in [0.2, 0.25) is 11.8 Å². The molecule has 3 aliphatic rings. The quantitative estimate of drug-likeness (QED) is 0.294. The Labute approximate surface area is 209 Å². The molecule has 2 fully saturated rings. The minimum absolute atomic E-state index is 0.179. The molecular weight excluding hydrogens is 485 g/mol. The molecule has 0 radical (unpaired) electrons. The smallest absolute Gasteiger partial charge is 0.416 e. The predicted molar refractivity (Wildman–Crippen MR) is 129 cm³/mol. The van der Waals surface area contributed by atoms with Crippen LogP contribution in [0.2, 0.25) is 0 Å². The van der Waals surface area contributed by atoms with E-state index < -0.39 is 53.4 Å². The third kappa shape index (κ3) is 3.61. The molecular formula is C28H19F3N2O4. The number of halogens is 3. The van der Waals surface area contributed by atoms with Gasteiger partial charge in [0.1, 0.15) is 11.8 Å². The molecule has 9 heteroatoms. The van der Waals surface area contributed by atoms with E-state index in [0.717, 1.165) is 28.7 Å². The normalized spacial score (nSPS) is 24.1. The van der Waals surface area contributed by atoms with Gasteiger partial charge in [-0.15, -0.1) is 0 Å². The number of esters is 1.